The standard InChI is InChI=1S/C15H22N2O2.ClH/c1-14(2)12(15(14,3)4)13(18)17-11-8-9(19-5)6-7-10(11)16;/h6-8,12H,16H2,1-5H3,(H,17,18);1H. The zero-order chi connectivity index (χ0) is 14.4. The summed E-state index contributed by atoms with van der Waals surface area (Å²) in [7, 11) is 1.59. The lowest BCUT2D eigenvalue weighted by Gasteiger charge is -2.10. The minimum absolute atomic E-state index is 0. The SMILES string of the molecule is COc1ccc(N)c(NC(=O)C2C(C)(C)C2(C)C)c1.Cl. The number of nitrogens with one attached hydrogen (secondary N) is 1. The summed E-state index contributed by atoms with van der Waals surface area (Å²) in [6.45, 7) is 8.47. The zero-order valence-electron chi connectivity index (χ0n) is 12.6. The van der Waals surface area contributed by atoms with Crippen LogP contribution in [0.15, 0.2) is 18.2 Å². The first-order valence-electron chi connectivity index (χ1n) is 6.46. The van der Waals surface area contributed by atoms with Crippen LogP contribution in [0, 0.1) is 16.7 Å². The third-order valence-corrected chi connectivity index (χ3v) is 4.80. The van der Waals surface area contributed by atoms with Crippen LogP contribution in [-0.4, -0.2) is 13.0 Å². The van der Waals surface area contributed by atoms with Crippen LogP contribution in [-0.2, 0) is 4.79 Å². The van der Waals surface area contributed by atoms with Crippen LogP contribution in [0.25, 0.3) is 0 Å². The number of carbonyl (C=O) groups excluding carboxylic acids is 1. The van der Waals surface area contributed by atoms with Gasteiger partial charge in [0, 0.05) is 12.0 Å². The molecular formula is C15H23ClN2O2. The maximum atomic E-state index is 12.4. The van der Waals surface area contributed by atoms with Gasteiger partial charge < -0.3 is 15.8 Å². The molecule has 0 aliphatic heterocycles. The number of nitrogens with two attached hydrogens (primary N) is 1. The Morgan fingerprint density at radius 2 is 1.80 bits per heavy atom. The normalized spacial score (nSPS) is 18.9. The molecule has 1 amide bonds. The molecule has 0 aromatic heterocycles. The molecule has 0 heterocycles. The van der Waals surface area contributed by atoms with Crippen LogP contribution in [0.2, 0.25) is 0 Å². The van der Waals surface area contributed by atoms with Crippen LogP contribution in [0.4, 0.5) is 11.4 Å². The van der Waals surface area contributed by atoms with Crippen LogP contribution < -0.4 is 15.8 Å². The van der Waals surface area contributed by atoms with Crippen molar-refractivity contribution in [3.05, 3.63) is 18.2 Å². The molecule has 5 heteroatoms. The lowest BCUT2D eigenvalue weighted by molar-refractivity contribution is -0.118. The van der Waals surface area contributed by atoms with E-state index in [1.807, 2.05) is 0 Å². The fourth-order valence-corrected chi connectivity index (χ4v) is 2.83. The Morgan fingerprint density at radius 1 is 1.25 bits per heavy atom. The lowest BCUT2D eigenvalue weighted by Crippen LogP contribution is -2.18. The summed E-state index contributed by atoms with van der Waals surface area (Å²) in [4.78, 5) is 12.4. The van der Waals surface area contributed by atoms with E-state index in [0.29, 0.717) is 17.1 Å². The highest BCUT2D eigenvalue weighted by Crippen LogP contribution is 2.68. The van der Waals surface area contributed by atoms with Crippen LogP contribution in [0.1, 0.15) is 27.7 Å². The minimum Gasteiger partial charge on any atom is -0.497 e. The van der Waals surface area contributed by atoms with Crippen LogP contribution in [0.5, 0.6) is 5.75 Å². The van der Waals surface area contributed by atoms with Gasteiger partial charge in [-0.3, -0.25) is 4.79 Å². The number of halogens is 1. The van der Waals surface area contributed by atoms with Gasteiger partial charge in [-0.2, -0.15) is 0 Å². The fraction of sp³-hybridized carbons (Fsp3) is 0.533. The average molecular weight is 299 g/mol. The number of hydrogen-bond donors (Lipinski definition) is 2. The molecule has 2 rings (SSSR count). The number of benzene rings is 1. The van der Waals surface area contributed by atoms with E-state index in [1.54, 1.807) is 25.3 Å². The third kappa shape index (κ3) is 2.44. The molecule has 1 aliphatic rings. The van der Waals surface area contributed by atoms with E-state index in [4.69, 9.17) is 10.5 Å². The van der Waals surface area contributed by atoms with Gasteiger partial charge in [0.2, 0.25) is 5.91 Å². The summed E-state index contributed by atoms with van der Waals surface area (Å²) in [5.41, 5.74) is 7.08. The number of anilines is 2. The van der Waals surface area contributed by atoms with Gasteiger partial charge in [-0.15, -0.1) is 12.4 Å². The Labute approximate surface area is 126 Å². The number of rotatable bonds is 3. The number of nitrogen functional groups attached to an aromatic ring is 1. The van der Waals surface area contributed by atoms with Crippen LogP contribution >= 0.6 is 12.4 Å². The Kier molecular flexibility index (Phi) is 4.30. The van der Waals surface area contributed by atoms with Gasteiger partial charge in [-0.25, -0.2) is 0 Å². The molecule has 1 aromatic rings. The Balaban J connectivity index is 0.00000200. The molecule has 20 heavy (non-hydrogen) atoms. The summed E-state index contributed by atoms with van der Waals surface area (Å²) in [5.74, 6) is 0.708. The Hall–Kier alpha value is -1.42. The second kappa shape index (κ2) is 5.17. The molecule has 1 saturated carbocycles. The predicted octanol–water partition coefficient (Wildman–Crippen LogP) is 3.32. The summed E-state index contributed by atoms with van der Waals surface area (Å²) in [5, 5.41) is 2.91. The molecule has 1 aromatic carbocycles. The van der Waals surface area contributed by atoms with Crippen molar-refractivity contribution in [3.63, 3.8) is 0 Å². The van der Waals surface area contributed by atoms with Crippen molar-refractivity contribution >= 4 is 29.7 Å². The number of ether oxygens (including phenoxy) is 1. The molecular weight excluding hydrogens is 276 g/mol. The molecule has 1 fully saturated rings. The van der Waals surface area contributed by atoms with E-state index in [9.17, 15) is 4.79 Å². The van der Waals surface area contributed by atoms with E-state index in [-0.39, 0.29) is 35.1 Å². The molecule has 4 nitrogen and oxygen atoms in total. The molecule has 0 bridgehead atoms. The molecule has 0 unspecified atom stereocenters. The average Bonchev–Trinajstić information content (AvgIpc) is 2.72. The smallest absolute Gasteiger partial charge is 0.228 e. The molecule has 0 radical (unpaired) electrons. The van der Waals surface area contributed by atoms with Crippen molar-refractivity contribution in [2.75, 3.05) is 18.2 Å². The Bertz CT molecular complexity index is 513. The van der Waals surface area contributed by atoms with Crippen molar-refractivity contribution in [1.29, 1.82) is 0 Å². The number of amides is 1. The monoisotopic (exact) mass is 298 g/mol. The topological polar surface area (TPSA) is 64.3 Å². The quantitative estimate of drug-likeness (QED) is 0.841. The van der Waals surface area contributed by atoms with Gasteiger partial charge in [-0.05, 0) is 23.0 Å². The maximum Gasteiger partial charge on any atom is 0.228 e. The fourth-order valence-electron chi connectivity index (χ4n) is 2.83. The Morgan fingerprint density at radius 3 is 2.25 bits per heavy atom. The second-order valence-corrected chi connectivity index (χ2v) is 6.32. The van der Waals surface area contributed by atoms with Crippen molar-refractivity contribution in [3.8, 4) is 5.75 Å². The summed E-state index contributed by atoms with van der Waals surface area (Å²) >= 11 is 0. The lowest BCUT2D eigenvalue weighted by atomic mass is 10.0. The molecule has 0 saturated heterocycles. The number of carbonyl (C=O) groups is 1. The van der Waals surface area contributed by atoms with Crippen molar-refractivity contribution in [1.82, 2.24) is 0 Å². The van der Waals surface area contributed by atoms with Gasteiger partial charge in [-0.1, -0.05) is 27.7 Å². The van der Waals surface area contributed by atoms with Crippen molar-refractivity contribution in [2.45, 2.75) is 27.7 Å². The summed E-state index contributed by atoms with van der Waals surface area (Å²) in [6, 6.07) is 5.25. The van der Waals surface area contributed by atoms with E-state index in [2.05, 4.69) is 33.0 Å². The van der Waals surface area contributed by atoms with Crippen LogP contribution in [0.3, 0.4) is 0 Å². The van der Waals surface area contributed by atoms with Gasteiger partial charge in [0.25, 0.3) is 0 Å². The highest BCUT2D eigenvalue weighted by Gasteiger charge is 2.68. The molecule has 1 aliphatic carbocycles. The molecule has 112 valence electrons. The third-order valence-electron chi connectivity index (χ3n) is 4.80. The van der Waals surface area contributed by atoms with Crippen molar-refractivity contribution in [2.24, 2.45) is 16.7 Å². The first-order chi connectivity index (χ1) is 8.71. The van der Waals surface area contributed by atoms with E-state index < -0.39 is 0 Å². The van der Waals surface area contributed by atoms with E-state index in [0.717, 1.165) is 0 Å². The molecule has 0 spiro atoms. The number of hydrogen-bond acceptors (Lipinski definition) is 3. The first kappa shape index (κ1) is 16.6. The number of methoxy groups -OCH3 is 1. The second-order valence-electron chi connectivity index (χ2n) is 6.32. The highest BCUT2D eigenvalue weighted by molar-refractivity contribution is 5.98. The predicted molar refractivity (Wildman–Crippen MR) is 84.3 cm³/mol. The zero-order valence-corrected chi connectivity index (χ0v) is 13.4. The summed E-state index contributed by atoms with van der Waals surface area (Å²) in [6.07, 6.45) is 0. The highest BCUT2D eigenvalue weighted by atomic mass is 35.5. The maximum absolute atomic E-state index is 12.4. The largest absolute Gasteiger partial charge is 0.497 e. The van der Waals surface area contributed by atoms with E-state index in [1.165, 1.54) is 0 Å². The van der Waals surface area contributed by atoms with Gasteiger partial charge in [0.1, 0.15) is 5.75 Å². The molecule has 3 N–H and O–H groups in total. The first-order valence-corrected chi connectivity index (χ1v) is 6.46. The minimum atomic E-state index is 0. The van der Waals surface area contributed by atoms with Gasteiger partial charge >= 0.3 is 0 Å². The van der Waals surface area contributed by atoms with Gasteiger partial charge in [0.05, 0.1) is 18.5 Å². The van der Waals surface area contributed by atoms with Crippen molar-refractivity contribution < 1.29 is 9.53 Å². The van der Waals surface area contributed by atoms with E-state index >= 15 is 0 Å². The molecule has 0 atom stereocenters. The van der Waals surface area contributed by atoms with Gasteiger partial charge in [0.15, 0.2) is 0 Å². The summed E-state index contributed by atoms with van der Waals surface area (Å²) < 4.78 is 5.14.